The van der Waals surface area contributed by atoms with Gasteiger partial charge in [0.25, 0.3) is 6.43 Å². The average Bonchev–Trinajstić information content (AvgIpc) is 3.50. The summed E-state index contributed by atoms with van der Waals surface area (Å²) in [4.78, 5) is 18.3. The summed E-state index contributed by atoms with van der Waals surface area (Å²) in [6.07, 6.45) is -1.92. The maximum absolute atomic E-state index is 14.9. The van der Waals surface area contributed by atoms with Crippen molar-refractivity contribution in [1.29, 1.82) is 0 Å². The van der Waals surface area contributed by atoms with Crippen molar-refractivity contribution in [3.63, 3.8) is 0 Å². The molecule has 1 fully saturated rings. The van der Waals surface area contributed by atoms with E-state index in [2.05, 4.69) is 19.9 Å². The standard InChI is InChI=1S/C23H24F4N8O3/c1-37-15-6-12(24)11(5-13(15)25)21-33-14(7-35-10-32-16-19(28)30-9-31-20(16)35)22(38-21)34-4-2-3-23(29,8-34)17(36)18(26)27/h5-6,9-10,17-18,36H,2-4,7-8,29H2,1H3,(H2,28,30,31)/t17-,23-/m1/s1. The van der Waals surface area contributed by atoms with E-state index in [1.807, 2.05) is 0 Å². The molecule has 3 aromatic heterocycles. The van der Waals surface area contributed by atoms with Crippen LogP contribution < -0.4 is 21.1 Å². The first kappa shape index (κ1) is 25.7. The predicted molar refractivity (Wildman–Crippen MR) is 128 cm³/mol. The Morgan fingerprint density at radius 2 is 2.00 bits per heavy atom. The summed E-state index contributed by atoms with van der Waals surface area (Å²) in [6.45, 7) is 0.132. The molecule has 202 valence electrons. The van der Waals surface area contributed by atoms with Crippen LogP contribution >= 0.6 is 0 Å². The van der Waals surface area contributed by atoms with Gasteiger partial charge in [-0.2, -0.15) is 0 Å². The van der Waals surface area contributed by atoms with Crippen molar-refractivity contribution in [2.45, 2.75) is 37.5 Å². The number of nitrogens with two attached hydrogens (primary N) is 2. The van der Waals surface area contributed by atoms with Crippen LogP contribution in [0.15, 0.2) is 29.2 Å². The molecule has 0 amide bonds. The summed E-state index contributed by atoms with van der Waals surface area (Å²) >= 11 is 0. The lowest BCUT2D eigenvalue weighted by Gasteiger charge is -2.42. The number of aromatic nitrogens is 5. The van der Waals surface area contributed by atoms with E-state index in [1.54, 1.807) is 9.47 Å². The predicted octanol–water partition coefficient (Wildman–Crippen LogP) is 2.32. The smallest absolute Gasteiger partial charge is 0.265 e. The van der Waals surface area contributed by atoms with Gasteiger partial charge >= 0.3 is 0 Å². The second kappa shape index (κ2) is 9.72. The monoisotopic (exact) mass is 536 g/mol. The second-order valence-electron chi connectivity index (χ2n) is 9.08. The van der Waals surface area contributed by atoms with Crippen molar-refractivity contribution in [2.24, 2.45) is 5.73 Å². The van der Waals surface area contributed by atoms with Crippen LogP contribution in [0.25, 0.3) is 22.6 Å². The number of halogens is 4. The van der Waals surface area contributed by atoms with Crippen LogP contribution in [-0.2, 0) is 6.54 Å². The molecule has 0 spiro atoms. The summed E-state index contributed by atoms with van der Waals surface area (Å²) in [6, 6.07) is 1.75. The number of oxazole rings is 1. The summed E-state index contributed by atoms with van der Waals surface area (Å²) in [5, 5.41) is 10.1. The molecule has 15 heteroatoms. The van der Waals surface area contributed by atoms with Crippen molar-refractivity contribution >= 4 is 22.9 Å². The first-order valence-electron chi connectivity index (χ1n) is 11.6. The number of imidazole rings is 1. The van der Waals surface area contributed by atoms with Gasteiger partial charge in [0.2, 0.25) is 11.8 Å². The number of nitrogen functional groups attached to an aromatic ring is 1. The number of ether oxygens (including phenoxy) is 1. The Kier molecular flexibility index (Phi) is 6.56. The number of hydrogen-bond acceptors (Lipinski definition) is 10. The first-order chi connectivity index (χ1) is 18.1. The van der Waals surface area contributed by atoms with Crippen LogP contribution in [0.2, 0.25) is 0 Å². The molecular weight excluding hydrogens is 512 g/mol. The third-order valence-electron chi connectivity index (χ3n) is 6.57. The minimum Gasteiger partial charge on any atom is -0.494 e. The lowest BCUT2D eigenvalue weighted by Crippen LogP contribution is -2.63. The van der Waals surface area contributed by atoms with Gasteiger partial charge in [0.05, 0.1) is 31.1 Å². The number of fused-ring (bicyclic) bond motifs is 1. The first-order valence-corrected chi connectivity index (χ1v) is 11.6. The number of methoxy groups -OCH3 is 1. The molecule has 5 rings (SSSR count). The maximum atomic E-state index is 14.9. The number of benzene rings is 1. The van der Waals surface area contributed by atoms with E-state index < -0.39 is 29.7 Å². The van der Waals surface area contributed by atoms with Gasteiger partial charge in [0, 0.05) is 19.2 Å². The highest BCUT2D eigenvalue weighted by molar-refractivity contribution is 5.81. The Bertz CT molecular complexity index is 1480. The molecule has 5 N–H and O–H groups in total. The SMILES string of the molecule is COc1cc(F)c(-c2nc(Cn3cnc4c(N)ncnc43)c(N3CCC[C@](N)([C@H](O)C(F)F)C3)o2)cc1F. The number of nitrogens with zero attached hydrogens (tertiary/aromatic N) is 6. The van der Waals surface area contributed by atoms with E-state index >= 15 is 0 Å². The van der Waals surface area contributed by atoms with Gasteiger partial charge in [-0.3, -0.25) is 0 Å². The summed E-state index contributed by atoms with van der Waals surface area (Å²) in [7, 11) is 1.20. The highest BCUT2D eigenvalue weighted by Gasteiger charge is 2.44. The maximum Gasteiger partial charge on any atom is 0.265 e. The van der Waals surface area contributed by atoms with Gasteiger partial charge in [-0.15, -0.1) is 0 Å². The fourth-order valence-corrected chi connectivity index (χ4v) is 4.61. The quantitative estimate of drug-likeness (QED) is 0.300. The van der Waals surface area contributed by atoms with Crippen LogP contribution in [0, 0.1) is 11.6 Å². The van der Waals surface area contributed by atoms with Crippen LogP contribution in [-0.4, -0.2) is 67.9 Å². The van der Waals surface area contributed by atoms with Gasteiger partial charge in [-0.25, -0.2) is 37.5 Å². The topological polar surface area (TPSA) is 154 Å². The van der Waals surface area contributed by atoms with E-state index in [1.165, 1.54) is 19.8 Å². The van der Waals surface area contributed by atoms with Gasteiger partial charge in [0.1, 0.15) is 29.5 Å². The molecule has 1 saturated heterocycles. The highest BCUT2D eigenvalue weighted by Crippen LogP contribution is 2.36. The lowest BCUT2D eigenvalue weighted by atomic mass is 9.84. The Balaban J connectivity index is 1.59. The van der Waals surface area contributed by atoms with Crippen LogP contribution in [0.1, 0.15) is 18.5 Å². The zero-order valence-corrected chi connectivity index (χ0v) is 20.1. The summed E-state index contributed by atoms with van der Waals surface area (Å²) in [5.41, 5.74) is 11.1. The largest absolute Gasteiger partial charge is 0.494 e. The number of rotatable bonds is 7. The number of aliphatic hydroxyl groups excluding tert-OH is 1. The molecule has 1 aromatic carbocycles. The molecule has 0 radical (unpaired) electrons. The molecule has 0 unspecified atom stereocenters. The average molecular weight is 536 g/mol. The highest BCUT2D eigenvalue weighted by atomic mass is 19.3. The van der Waals surface area contributed by atoms with E-state index in [4.69, 9.17) is 20.6 Å². The molecule has 1 aliphatic heterocycles. The Morgan fingerprint density at radius 1 is 1.21 bits per heavy atom. The number of hydrogen-bond donors (Lipinski definition) is 3. The van der Waals surface area contributed by atoms with E-state index in [0.717, 1.165) is 12.1 Å². The van der Waals surface area contributed by atoms with E-state index in [-0.39, 0.29) is 54.1 Å². The molecule has 11 nitrogen and oxygen atoms in total. The molecule has 0 saturated carbocycles. The minimum atomic E-state index is -3.05. The number of aliphatic hydroxyl groups is 1. The van der Waals surface area contributed by atoms with Crippen LogP contribution in [0.5, 0.6) is 5.75 Å². The number of alkyl halides is 2. The molecule has 1 aliphatic rings. The normalized spacial score (nSPS) is 18.9. The molecular formula is C23H24F4N8O3. The molecule has 4 aromatic rings. The zero-order chi connectivity index (χ0) is 27.2. The van der Waals surface area contributed by atoms with E-state index in [0.29, 0.717) is 24.1 Å². The van der Waals surface area contributed by atoms with Gasteiger partial charge < -0.3 is 35.2 Å². The number of anilines is 2. The van der Waals surface area contributed by atoms with Crippen LogP contribution in [0.3, 0.4) is 0 Å². The zero-order valence-electron chi connectivity index (χ0n) is 20.1. The fourth-order valence-electron chi connectivity index (χ4n) is 4.61. The molecule has 4 heterocycles. The third-order valence-corrected chi connectivity index (χ3v) is 6.57. The fraction of sp³-hybridized carbons (Fsp3) is 0.391. The van der Waals surface area contributed by atoms with Crippen molar-refractivity contribution in [1.82, 2.24) is 24.5 Å². The Morgan fingerprint density at radius 3 is 2.74 bits per heavy atom. The van der Waals surface area contributed by atoms with Crippen molar-refractivity contribution < 1.29 is 31.8 Å². The summed E-state index contributed by atoms with van der Waals surface area (Å²) < 4.78 is 68.4. The van der Waals surface area contributed by atoms with Crippen molar-refractivity contribution in [3.05, 3.63) is 42.1 Å². The Labute approximate surface area is 213 Å². The molecule has 2 atom stereocenters. The third kappa shape index (κ3) is 4.47. The van der Waals surface area contributed by atoms with Gasteiger partial charge in [0.15, 0.2) is 23.0 Å². The van der Waals surface area contributed by atoms with Crippen molar-refractivity contribution in [2.75, 3.05) is 30.8 Å². The minimum absolute atomic E-state index is 0.00247. The lowest BCUT2D eigenvalue weighted by molar-refractivity contribution is -0.0531. The summed E-state index contributed by atoms with van der Waals surface area (Å²) in [5.74, 6) is -1.99. The second-order valence-corrected chi connectivity index (χ2v) is 9.08. The molecule has 38 heavy (non-hydrogen) atoms. The van der Waals surface area contributed by atoms with E-state index in [9.17, 15) is 22.7 Å². The van der Waals surface area contributed by atoms with Crippen LogP contribution in [0.4, 0.5) is 29.3 Å². The molecule has 0 bridgehead atoms. The van der Waals surface area contributed by atoms with Crippen molar-refractivity contribution in [3.8, 4) is 17.2 Å². The van der Waals surface area contributed by atoms with Gasteiger partial charge in [-0.1, -0.05) is 0 Å². The number of piperidine rings is 1. The van der Waals surface area contributed by atoms with Gasteiger partial charge in [-0.05, 0) is 18.9 Å². The molecule has 0 aliphatic carbocycles. The Hall–Kier alpha value is -3.98.